The molecule has 0 aliphatic carbocycles. The molecule has 0 amide bonds. The van der Waals surface area contributed by atoms with Crippen LogP contribution in [0.4, 0.5) is 0 Å². The van der Waals surface area contributed by atoms with Gasteiger partial charge in [0.2, 0.25) is 0 Å². The van der Waals surface area contributed by atoms with E-state index in [2.05, 4.69) is 44.2 Å². The number of aromatic carboxylic acids is 1. The largest absolute Gasteiger partial charge is 0.487 e. The average molecular weight is 415 g/mol. The van der Waals surface area contributed by atoms with Crippen molar-refractivity contribution < 1.29 is 14.6 Å². The van der Waals surface area contributed by atoms with E-state index in [0.29, 0.717) is 5.56 Å². The SMILES string of the molecule is CCCCc1ccc(CC2(C)CCc3ccc(-c4ccccc4C(=O)O)cc3O2)cc1. The van der Waals surface area contributed by atoms with Crippen molar-refractivity contribution in [1.29, 1.82) is 0 Å². The predicted molar refractivity (Wildman–Crippen MR) is 125 cm³/mol. The van der Waals surface area contributed by atoms with Crippen molar-refractivity contribution in [2.75, 3.05) is 0 Å². The zero-order valence-electron chi connectivity index (χ0n) is 18.4. The summed E-state index contributed by atoms with van der Waals surface area (Å²) in [7, 11) is 0. The number of carboxylic acid groups (broad SMARTS) is 1. The van der Waals surface area contributed by atoms with E-state index < -0.39 is 5.97 Å². The van der Waals surface area contributed by atoms with Gasteiger partial charge in [-0.25, -0.2) is 4.79 Å². The Bertz CT molecular complexity index is 1070. The van der Waals surface area contributed by atoms with Crippen LogP contribution >= 0.6 is 0 Å². The molecule has 1 aliphatic heterocycles. The Morgan fingerprint density at radius 3 is 2.52 bits per heavy atom. The number of rotatable bonds is 7. The Morgan fingerprint density at radius 2 is 1.77 bits per heavy atom. The molecule has 0 saturated heterocycles. The van der Waals surface area contributed by atoms with Crippen LogP contribution < -0.4 is 4.74 Å². The fraction of sp³-hybridized carbons (Fsp3) is 0.321. The second-order valence-corrected chi connectivity index (χ2v) is 8.82. The quantitative estimate of drug-likeness (QED) is 0.467. The average Bonchev–Trinajstić information content (AvgIpc) is 2.78. The van der Waals surface area contributed by atoms with E-state index in [9.17, 15) is 9.90 Å². The fourth-order valence-electron chi connectivity index (χ4n) is 4.42. The summed E-state index contributed by atoms with van der Waals surface area (Å²) >= 11 is 0. The summed E-state index contributed by atoms with van der Waals surface area (Å²) in [6.07, 6.45) is 6.36. The van der Waals surface area contributed by atoms with Crippen molar-refractivity contribution in [1.82, 2.24) is 0 Å². The summed E-state index contributed by atoms with van der Waals surface area (Å²) < 4.78 is 6.53. The molecule has 3 nitrogen and oxygen atoms in total. The molecule has 0 fully saturated rings. The number of carboxylic acids is 1. The van der Waals surface area contributed by atoms with Crippen LogP contribution in [0.3, 0.4) is 0 Å². The van der Waals surface area contributed by atoms with Crippen LogP contribution in [0.15, 0.2) is 66.7 Å². The molecule has 0 bridgehead atoms. The molecular weight excluding hydrogens is 384 g/mol. The summed E-state index contributed by atoms with van der Waals surface area (Å²) in [6.45, 7) is 4.40. The van der Waals surface area contributed by atoms with E-state index in [1.165, 1.54) is 29.5 Å². The highest BCUT2D eigenvalue weighted by molar-refractivity contribution is 5.96. The monoisotopic (exact) mass is 414 g/mol. The third-order valence-electron chi connectivity index (χ3n) is 6.24. The zero-order valence-corrected chi connectivity index (χ0v) is 18.4. The first kappa shape index (κ1) is 21.2. The first-order valence-corrected chi connectivity index (χ1v) is 11.2. The maximum Gasteiger partial charge on any atom is 0.336 e. The molecule has 3 heteroatoms. The molecule has 1 heterocycles. The molecule has 0 aromatic heterocycles. The van der Waals surface area contributed by atoms with Crippen LogP contribution in [0.2, 0.25) is 0 Å². The van der Waals surface area contributed by atoms with Crippen molar-refractivity contribution in [2.45, 2.75) is 58.0 Å². The summed E-state index contributed by atoms with van der Waals surface area (Å²) in [4.78, 5) is 11.6. The lowest BCUT2D eigenvalue weighted by Gasteiger charge is -2.36. The number of ether oxygens (including phenoxy) is 1. The van der Waals surface area contributed by atoms with Crippen molar-refractivity contribution in [3.05, 3.63) is 89.0 Å². The van der Waals surface area contributed by atoms with Crippen LogP contribution in [-0.4, -0.2) is 16.7 Å². The topological polar surface area (TPSA) is 46.5 Å². The van der Waals surface area contributed by atoms with E-state index in [1.54, 1.807) is 12.1 Å². The number of aryl methyl sites for hydroxylation is 2. The number of fused-ring (bicyclic) bond motifs is 1. The Balaban J connectivity index is 1.55. The molecule has 1 unspecified atom stereocenters. The van der Waals surface area contributed by atoms with Crippen LogP contribution in [0.5, 0.6) is 5.75 Å². The smallest absolute Gasteiger partial charge is 0.336 e. The minimum atomic E-state index is -0.915. The first-order chi connectivity index (χ1) is 15.0. The van der Waals surface area contributed by atoms with Crippen LogP contribution in [0.1, 0.15) is 60.2 Å². The van der Waals surface area contributed by atoms with E-state index in [-0.39, 0.29) is 5.60 Å². The van der Waals surface area contributed by atoms with Gasteiger partial charge in [-0.2, -0.15) is 0 Å². The number of hydrogen-bond donors (Lipinski definition) is 1. The van der Waals surface area contributed by atoms with Gasteiger partial charge in [-0.1, -0.05) is 67.9 Å². The van der Waals surface area contributed by atoms with Gasteiger partial charge in [0.05, 0.1) is 5.56 Å². The first-order valence-electron chi connectivity index (χ1n) is 11.2. The van der Waals surface area contributed by atoms with Gasteiger partial charge in [-0.15, -0.1) is 0 Å². The van der Waals surface area contributed by atoms with Gasteiger partial charge < -0.3 is 9.84 Å². The van der Waals surface area contributed by atoms with E-state index in [1.807, 2.05) is 24.3 Å². The van der Waals surface area contributed by atoms with Crippen LogP contribution in [0.25, 0.3) is 11.1 Å². The summed E-state index contributed by atoms with van der Waals surface area (Å²) in [6, 6.07) is 22.2. The molecule has 160 valence electrons. The maximum atomic E-state index is 11.6. The van der Waals surface area contributed by atoms with Gasteiger partial charge in [0.1, 0.15) is 11.4 Å². The van der Waals surface area contributed by atoms with E-state index in [0.717, 1.165) is 42.6 Å². The molecule has 3 aromatic carbocycles. The Hall–Kier alpha value is -3.07. The zero-order chi connectivity index (χ0) is 21.8. The minimum absolute atomic E-state index is 0.275. The molecule has 1 aliphatic rings. The molecular formula is C28H30O3. The molecule has 0 radical (unpaired) electrons. The van der Waals surface area contributed by atoms with Crippen molar-refractivity contribution in [3.8, 4) is 16.9 Å². The minimum Gasteiger partial charge on any atom is -0.487 e. The summed E-state index contributed by atoms with van der Waals surface area (Å²) in [5.41, 5.74) is 5.50. The highest BCUT2D eigenvalue weighted by atomic mass is 16.5. The van der Waals surface area contributed by atoms with Crippen molar-refractivity contribution >= 4 is 5.97 Å². The lowest BCUT2D eigenvalue weighted by Crippen LogP contribution is -2.38. The van der Waals surface area contributed by atoms with Gasteiger partial charge >= 0.3 is 5.97 Å². The van der Waals surface area contributed by atoms with Gasteiger partial charge in [-0.05, 0) is 72.6 Å². The molecule has 3 aromatic rings. The normalized spacial score (nSPS) is 17.6. The lowest BCUT2D eigenvalue weighted by molar-refractivity contribution is 0.0653. The van der Waals surface area contributed by atoms with Crippen molar-refractivity contribution in [2.24, 2.45) is 0 Å². The third kappa shape index (κ3) is 4.82. The molecule has 31 heavy (non-hydrogen) atoms. The highest BCUT2D eigenvalue weighted by Crippen LogP contribution is 2.38. The number of benzene rings is 3. The molecule has 1 atom stereocenters. The summed E-state index contributed by atoms with van der Waals surface area (Å²) in [5, 5.41) is 9.55. The lowest BCUT2D eigenvalue weighted by atomic mass is 9.86. The van der Waals surface area contributed by atoms with Gasteiger partial charge in [0.15, 0.2) is 0 Å². The Labute approximate surface area is 184 Å². The molecule has 1 N–H and O–H groups in total. The van der Waals surface area contributed by atoms with Gasteiger partial charge in [0.25, 0.3) is 0 Å². The Morgan fingerprint density at radius 1 is 1.03 bits per heavy atom. The highest BCUT2D eigenvalue weighted by Gasteiger charge is 2.32. The predicted octanol–water partition coefficient (Wildman–Crippen LogP) is 6.72. The van der Waals surface area contributed by atoms with E-state index in [4.69, 9.17) is 4.74 Å². The number of hydrogen-bond acceptors (Lipinski definition) is 2. The number of unbranched alkanes of at least 4 members (excludes halogenated alkanes) is 1. The van der Waals surface area contributed by atoms with Crippen LogP contribution in [-0.2, 0) is 19.3 Å². The van der Waals surface area contributed by atoms with Crippen LogP contribution in [0, 0.1) is 0 Å². The van der Waals surface area contributed by atoms with Crippen molar-refractivity contribution in [3.63, 3.8) is 0 Å². The third-order valence-corrected chi connectivity index (χ3v) is 6.24. The second-order valence-electron chi connectivity index (χ2n) is 8.82. The molecule has 0 saturated carbocycles. The molecule has 0 spiro atoms. The maximum absolute atomic E-state index is 11.6. The summed E-state index contributed by atoms with van der Waals surface area (Å²) in [5.74, 6) is -0.0486. The van der Waals surface area contributed by atoms with Gasteiger partial charge in [0, 0.05) is 6.42 Å². The fourth-order valence-corrected chi connectivity index (χ4v) is 4.42. The Kier molecular flexibility index (Phi) is 6.13. The van der Waals surface area contributed by atoms with E-state index >= 15 is 0 Å². The standard InChI is InChI=1S/C28H30O3/c1-3-4-7-20-10-12-21(13-11-20)19-28(2)17-16-22-14-15-23(18-26(22)31-28)24-8-5-6-9-25(24)27(29)30/h5-6,8-15,18H,3-4,7,16-17,19H2,1-2H3,(H,29,30). The van der Waals surface area contributed by atoms with Gasteiger partial charge in [-0.3, -0.25) is 0 Å². The number of carbonyl (C=O) groups is 1. The molecule has 4 rings (SSSR count). The second kappa shape index (κ2) is 8.97.